The number of halogens is 2. The average molecular weight is 330 g/mol. The highest BCUT2D eigenvalue weighted by Gasteiger charge is 2.22. The average Bonchev–Trinajstić information content (AvgIpc) is 3.00. The molecule has 0 atom stereocenters. The Morgan fingerprint density at radius 2 is 1.88 bits per heavy atom. The molecule has 2 aromatic carbocycles. The van der Waals surface area contributed by atoms with Gasteiger partial charge in [-0.2, -0.15) is 0 Å². The topological polar surface area (TPSA) is 78.3 Å². The van der Waals surface area contributed by atoms with Crippen LogP contribution in [0.2, 0.25) is 0 Å². The van der Waals surface area contributed by atoms with Gasteiger partial charge in [0.25, 0.3) is 5.91 Å². The number of nitrogens with two attached hydrogens (primary N) is 1. The third-order valence-corrected chi connectivity index (χ3v) is 3.37. The molecule has 0 bridgehead atoms. The summed E-state index contributed by atoms with van der Waals surface area (Å²) in [6.45, 7) is 0. The minimum atomic E-state index is -0.853. The van der Waals surface area contributed by atoms with Crippen LogP contribution in [0.15, 0.2) is 46.9 Å². The first-order valence-corrected chi connectivity index (χ1v) is 6.90. The minimum Gasteiger partial charge on any atom is -0.497 e. The maximum Gasteiger partial charge on any atom is 0.271 e. The van der Waals surface area contributed by atoms with Gasteiger partial charge in [-0.15, -0.1) is 0 Å². The molecule has 122 valence electrons. The SMILES string of the molecule is COc1ccc(-c2oc(-c3ccc(F)cc3F)nc2C(N)=O)cc1. The maximum absolute atomic E-state index is 13.9. The van der Waals surface area contributed by atoms with Crippen molar-refractivity contribution in [1.82, 2.24) is 4.98 Å². The molecule has 0 spiro atoms. The fourth-order valence-electron chi connectivity index (χ4n) is 2.20. The second-order valence-corrected chi connectivity index (χ2v) is 4.91. The van der Waals surface area contributed by atoms with E-state index in [2.05, 4.69) is 4.98 Å². The quantitative estimate of drug-likeness (QED) is 0.795. The van der Waals surface area contributed by atoms with Crippen LogP contribution in [0, 0.1) is 11.6 Å². The number of oxazole rings is 1. The van der Waals surface area contributed by atoms with Gasteiger partial charge in [0, 0.05) is 11.6 Å². The smallest absolute Gasteiger partial charge is 0.271 e. The summed E-state index contributed by atoms with van der Waals surface area (Å²) < 4.78 is 37.5. The third kappa shape index (κ3) is 2.83. The van der Waals surface area contributed by atoms with Crippen LogP contribution >= 0.6 is 0 Å². The maximum atomic E-state index is 13.9. The number of nitrogens with zero attached hydrogens (tertiary/aromatic N) is 1. The summed E-state index contributed by atoms with van der Waals surface area (Å²) in [5, 5.41) is 0. The van der Waals surface area contributed by atoms with Crippen LogP contribution in [0.3, 0.4) is 0 Å². The molecule has 0 saturated carbocycles. The van der Waals surface area contributed by atoms with Crippen molar-refractivity contribution in [3.05, 3.63) is 59.8 Å². The lowest BCUT2D eigenvalue weighted by atomic mass is 10.1. The molecule has 0 aliphatic carbocycles. The number of carbonyl (C=O) groups excluding carboxylic acids is 1. The summed E-state index contributed by atoms with van der Waals surface area (Å²) in [7, 11) is 1.52. The van der Waals surface area contributed by atoms with Crippen molar-refractivity contribution < 1.29 is 22.7 Å². The van der Waals surface area contributed by atoms with E-state index in [1.54, 1.807) is 24.3 Å². The number of rotatable bonds is 4. The first kappa shape index (κ1) is 15.7. The highest BCUT2D eigenvalue weighted by atomic mass is 19.1. The molecule has 1 heterocycles. The summed E-state index contributed by atoms with van der Waals surface area (Å²) in [6, 6.07) is 9.59. The van der Waals surface area contributed by atoms with E-state index >= 15 is 0 Å². The van der Waals surface area contributed by atoms with Gasteiger partial charge in [0.2, 0.25) is 5.89 Å². The number of primary amides is 1. The molecule has 0 aliphatic rings. The predicted molar refractivity (Wildman–Crippen MR) is 82.4 cm³/mol. The number of amides is 1. The molecule has 7 heteroatoms. The Hall–Kier alpha value is -3.22. The van der Waals surface area contributed by atoms with Crippen LogP contribution in [0.4, 0.5) is 8.78 Å². The zero-order chi connectivity index (χ0) is 17.3. The van der Waals surface area contributed by atoms with Gasteiger partial charge >= 0.3 is 0 Å². The van der Waals surface area contributed by atoms with Crippen LogP contribution in [0.1, 0.15) is 10.5 Å². The lowest BCUT2D eigenvalue weighted by molar-refractivity contribution is 0.0996. The molecule has 3 aromatic rings. The lowest BCUT2D eigenvalue weighted by Gasteiger charge is -2.01. The normalized spacial score (nSPS) is 10.6. The molecular formula is C17H12F2N2O3. The first-order chi connectivity index (χ1) is 11.5. The van der Waals surface area contributed by atoms with Gasteiger partial charge < -0.3 is 14.9 Å². The van der Waals surface area contributed by atoms with Crippen LogP contribution in [-0.4, -0.2) is 18.0 Å². The first-order valence-electron chi connectivity index (χ1n) is 6.90. The largest absolute Gasteiger partial charge is 0.497 e. The van der Waals surface area contributed by atoms with E-state index in [1.165, 1.54) is 13.2 Å². The second-order valence-electron chi connectivity index (χ2n) is 4.91. The number of aromatic nitrogens is 1. The van der Waals surface area contributed by atoms with E-state index in [0.29, 0.717) is 17.4 Å². The summed E-state index contributed by atoms with van der Waals surface area (Å²) in [5.41, 5.74) is 5.63. The van der Waals surface area contributed by atoms with E-state index in [1.807, 2.05) is 0 Å². The predicted octanol–water partition coefficient (Wildman–Crippen LogP) is 3.39. The number of ether oxygens (including phenoxy) is 1. The summed E-state index contributed by atoms with van der Waals surface area (Å²) in [4.78, 5) is 15.6. The van der Waals surface area contributed by atoms with Crippen LogP contribution < -0.4 is 10.5 Å². The Kier molecular flexibility index (Phi) is 3.99. The van der Waals surface area contributed by atoms with Crippen LogP contribution in [-0.2, 0) is 0 Å². The second kappa shape index (κ2) is 6.11. The molecule has 0 saturated heterocycles. The number of benzene rings is 2. The Morgan fingerprint density at radius 1 is 1.17 bits per heavy atom. The van der Waals surface area contributed by atoms with Crippen molar-refractivity contribution in [3.63, 3.8) is 0 Å². The van der Waals surface area contributed by atoms with Crippen molar-refractivity contribution in [3.8, 4) is 28.5 Å². The Morgan fingerprint density at radius 3 is 2.46 bits per heavy atom. The van der Waals surface area contributed by atoms with Crippen molar-refractivity contribution >= 4 is 5.91 Å². The minimum absolute atomic E-state index is 0.0707. The highest BCUT2D eigenvalue weighted by molar-refractivity contribution is 5.97. The Bertz CT molecular complexity index is 905. The van der Waals surface area contributed by atoms with E-state index in [9.17, 15) is 13.6 Å². The summed E-state index contributed by atoms with van der Waals surface area (Å²) in [6.07, 6.45) is 0. The van der Waals surface area contributed by atoms with Crippen molar-refractivity contribution in [2.24, 2.45) is 5.73 Å². The molecule has 2 N–H and O–H groups in total. The Labute approximate surface area is 135 Å². The number of hydrogen-bond donors (Lipinski definition) is 1. The number of methoxy groups -OCH3 is 1. The van der Waals surface area contributed by atoms with Gasteiger partial charge in [-0.05, 0) is 36.4 Å². The van der Waals surface area contributed by atoms with E-state index in [-0.39, 0.29) is 22.9 Å². The van der Waals surface area contributed by atoms with Crippen LogP contribution in [0.25, 0.3) is 22.8 Å². The summed E-state index contributed by atoms with van der Waals surface area (Å²) in [5.74, 6) is -1.85. The monoisotopic (exact) mass is 330 g/mol. The number of carbonyl (C=O) groups is 1. The van der Waals surface area contributed by atoms with E-state index in [0.717, 1.165) is 6.07 Å². The lowest BCUT2D eigenvalue weighted by Crippen LogP contribution is -2.12. The molecule has 3 rings (SSSR count). The van der Waals surface area contributed by atoms with Gasteiger partial charge in [-0.3, -0.25) is 4.79 Å². The molecular weight excluding hydrogens is 318 g/mol. The van der Waals surface area contributed by atoms with Crippen LogP contribution in [0.5, 0.6) is 5.75 Å². The molecule has 0 radical (unpaired) electrons. The van der Waals surface area contributed by atoms with Gasteiger partial charge in [-0.1, -0.05) is 0 Å². The molecule has 0 unspecified atom stereocenters. The van der Waals surface area contributed by atoms with Gasteiger partial charge in [0.1, 0.15) is 17.4 Å². The van der Waals surface area contributed by atoms with Gasteiger partial charge in [0.05, 0.1) is 12.7 Å². The molecule has 0 fully saturated rings. The standard InChI is InChI=1S/C17H12F2N2O3/c1-23-11-5-2-9(3-6-11)15-14(16(20)22)21-17(24-15)12-7-4-10(18)8-13(12)19/h2-8H,1H3,(H2,20,22). The molecule has 1 aromatic heterocycles. The number of hydrogen-bond acceptors (Lipinski definition) is 4. The van der Waals surface area contributed by atoms with Gasteiger partial charge in [0.15, 0.2) is 11.5 Å². The van der Waals surface area contributed by atoms with Crippen molar-refractivity contribution in [1.29, 1.82) is 0 Å². The van der Waals surface area contributed by atoms with Crippen molar-refractivity contribution in [2.75, 3.05) is 7.11 Å². The van der Waals surface area contributed by atoms with Crippen molar-refractivity contribution in [2.45, 2.75) is 0 Å². The fraction of sp³-hybridized carbons (Fsp3) is 0.0588. The summed E-state index contributed by atoms with van der Waals surface area (Å²) >= 11 is 0. The zero-order valence-corrected chi connectivity index (χ0v) is 12.5. The highest BCUT2D eigenvalue weighted by Crippen LogP contribution is 2.32. The van der Waals surface area contributed by atoms with E-state index < -0.39 is 17.5 Å². The fourth-order valence-corrected chi connectivity index (χ4v) is 2.20. The molecule has 1 amide bonds. The molecule has 24 heavy (non-hydrogen) atoms. The molecule has 0 aliphatic heterocycles. The zero-order valence-electron chi connectivity index (χ0n) is 12.5. The van der Waals surface area contributed by atoms with E-state index in [4.69, 9.17) is 14.9 Å². The Balaban J connectivity index is 2.12. The molecule has 5 nitrogen and oxygen atoms in total. The van der Waals surface area contributed by atoms with Gasteiger partial charge in [-0.25, -0.2) is 13.8 Å². The third-order valence-electron chi connectivity index (χ3n) is 3.37.